The molecule has 1 amide bonds. The lowest BCUT2D eigenvalue weighted by Crippen LogP contribution is -3.11. The lowest BCUT2D eigenvalue weighted by Gasteiger charge is -2.21. The van der Waals surface area contributed by atoms with Gasteiger partial charge in [0, 0.05) is 26.1 Å². The van der Waals surface area contributed by atoms with Crippen molar-refractivity contribution < 1.29 is 19.2 Å². The average molecular weight is 403 g/mol. The lowest BCUT2D eigenvalue weighted by atomic mass is 10.1. The first-order chi connectivity index (χ1) is 13.6. The Hall–Kier alpha value is -2.12. The molecule has 2 aliphatic rings. The molecule has 2 aromatic heterocycles. The van der Waals surface area contributed by atoms with E-state index >= 15 is 0 Å². The Kier molecular flexibility index (Phi) is 5.55. The third-order valence-electron chi connectivity index (χ3n) is 5.78. The molecule has 7 heteroatoms. The van der Waals surface area contributed by atoms with E-state index in [1.54, 1.807) is 6.92 Å². The minimum atomic E-state index is -0.323. The number of thiophene rings is 1. The Labute approximate surface area is 169 Å². The van der Waals surface area contributed by atoms with Gasteiger partial charge in [-0.05, 0) is 48.8 Å². The molecule has 2 N–H and O–H groups in total. The zero-order valence-corrected chi connectivity index (χ0v) is 17.3. The number of rotatable bonds is 7. The fourth-order valence-electron chi connectivity index (χ4n) is 4.27. The van der Waals surface area contributed by atoms with Gasteiger partial charge in [0.1, 0.15) is 11.0 Å². The van der Waals surface area contributed by atoms with Crippen LogP contribution >= 0.6 is 11.3 Å². The molecule has 0 radical (unpaired) electrons. The van der Waals surface area contributed by atoms with Gasteiger partial charge < -0.3 is 19.5 Å². The van der Waals surface area contributed by atoms with Crippen molar-refractivity contribution in [3.63, 3.8) is 0 Å². The summed E-state index contributed by atoms with van der Waals surface area (Å²) >= 11 is 1.44. The van der Waals surface area contributed by atoms with Crippen molar-refractivity contribution in [3.8, 4) is 0 Å². The predicted molar refractivity (Wildman–Crippen MR) is 109 cm³/mol. The van der Waals surface area contributed by atoms with Crippen molar-refractivity contribution in [2.45, 2.75) is 44.6 Å². The number of aryl methyl sites for hydroxylation is 1. The Morgan fingerprint density at radius 2 is 2.18 bits per heavy atom. The molecule has 2 aromatic rings. The summed E-state index contributed by atoms with van der Waals surface area (Å²) in [5.41, 5.74) is 2.88. The van der Waals surface area contributed by atoms with Gasteiger partial charge in [0.05, 0.1) is 24.4 Å². The Balaban J connectivity index is 1.47. The van der Waals surface area contributed by atoms with Crippen LogP contribution in [0.4, 0.5) is 5.00 Å². The fourth-order valence-corrected chi connectivity index (χ4v) is 5.31. The van der Waals surface area contributed by atoms with Crippen LogP contribution in [0.5, 0.6) is 0 Å². The maximum atomic E-state index is 12.8. The first-order valence-corrected chi connectivity index (χ1v) is 11.0. The van der Waals surface area contributed by atoms with E-state index in [2.05, 4.69) is 35.3 Å². The van der Waals surface area contributed by atoms with Gasteiger partial charge in [0.2, 0.25) is 0 Å². The summed E-state index contributed by atoms with van der Waals surface area (Å²) in [5, 5.41) is 5.66. The van der Waals surface area contributed by atoms with Crippen LogP contribution in [0.2, 0.25) is 0 Å². The number of nitrogens with zero attached hydrogens (tertiary/aromatic N) is 1. The van der Waals surface area contributed by atoms with Gasteiger partial charge >= 0.3 is 5.97 Å². The Morgan fingerprint density at radius 3 is 2.86 bits per heavy atom. The lowest BCUT2D eigenvalue weighted by molar-refractivity contribution is -0.910. The van der Waals surface area contributed by atoms with E-state index in [9.17, 15) is 9.59 Å². The van der Waals surface area contributed by atoms with Crippen molar-refractivity contribution in [1.29, 1.82) is 0 Å². The number of anilines is 1. The zero-order valence-electron chi connectivity index (χ0n) is 16.5. The van der Waals surface area contributed by atoms with E-state index in [1.165, 1.54) is 21.9 Å². The Morgan fingerprint density at radius 1 is 1.36 bits per heavy atom. The summed E-state index contributed by atoms with van der Waals surface area (Å²) in [7, 11) is 2.06. The topological polar surface area (TPSA) is 64.8 Å². The van der Waals surface area contributed by atoms with Crippen LogP contribution in [-0.4, -0.2) is 36.1 Å². The van der Waals surface area contributed by atoms with Crippen LogP contribution in [0, 0.1) is 0 Å². The number of aromatic nitrogens is 1. The summed E-state index contributed by atoms with van der Waals surface area (Å²) in [4.78, 5) is 26.6. The van der Waals surface area contributed by atoms with Gasteiger partial charge in [0.25, 0.3) is 5.91 Å². The second kappa shape index (κ2) is 8.09. The van der Waals surface area contributed by atoms with Crippen LogP contribution in [0.3, 0.4) is 0 Å². The second-order valence-corrected chi connectivity index (χ2v) is 8.64. The molecule has 4 rings (SSSR count). The van der Waals surface area contributed by atoms with Gasteiger partial charge in [-0.2, -0.15) is 0 Å². The molecule has 3 heterocycles. The fraction of sp³-hybridized carbons (Fsp3) is 0.524. The molecule has 0 bridgehead atoms. The first kappa shape index (κ1) is 19.2. The molecule has 1 saturated heterocycles. The maximum absolute atomic E-state index is 12.8. The number of nitrogens with one attached hydrogen (secondary N) is 2. The summed E-state index contributed by atoms with van der Waals surface area (Å²) in [5.74, 6) is 0.0780. The van der Waals surface area contributed by atoms with E-state index in [1.807, 2.05) is 5.38 Å². The molecule has 0 spiro atoms. The van der Waals surface area contributed by atoms with Crippen LogP contribution < -0.4 is 10.2 Å². The van der Waals surface area contributed by atoms with E-state index in [0.29, 0.717) is 35.7 Å². The van der Waals surface area contributed by atoms with Crippen LogP contribution in [0.15, 0.2) is 23.7 Å². The molecule has 28 heavy (non-hydrogen) atoms. The minimum Gasteiger partial charge on any atom is -0.462 e. The zero-order chi connectivity index (χ0) is 19.7. The quantitative estimate of drug-likeness (QED) is 0.700. The summed E-state index contributed by atoms with van der Waals surface area (Å²) < 4.78 is 7.39. The smallest absolute Gasteiger partial charge is 0.341 e. The molecule has 1 aliphatic carbocycles. The third kappa shape index (κ3) is 3.86. The summed E-state index contributed by atoms with van der Waals surface area (Å²) in [6.07, 6.45) is 6.48. The van der Waals surface area contributed by atoms with Gasteiger partial charge in [-0.1, -0.05) is 0 Å². The van der Waals surface area contributed by atoms with Crippen molar-refractivity contribution in [2.24, 2.45) is 7.05 Å². The maximum Gasteiger partial charge on any atom is 0.341 e. The summed E-state index contributed by atoms with van der Waals surface area (Å²) in [6, 6.07) is 4.55. The molecule has 1 unspecified atom stereocenters. The number of esters is 1. The van der Waals surface area contributed by atoms with Gasteiger partial charge in [-0.25, -0.2) is 4.79 Å². The molecule has 2 fully saturated rings. The SMILES string of the molecule is CCOC(=O)c1c(C2CC2)csc1NC(=O)C[NH+]1CCC[C@H]1c1cccn1C. The highest BCUT2D eigenvalue weighted by molar-refractivity contribution is 7.15. The van der Waals surface area contributed by atoms with Gasteiger partial charge in [-0.3, -0.25) is 4.79 Å². The molecular formula is C21H28N3O3S+. The molecule has 0 aromatic carbocycles. The number of likely N-dealkylation sites (tertiary alicyclic amines) is 1. The number of amides is 1. The van der Waals surface area contributed by atoms with Crippen molar-refractivity contribution >= 4 is 28.2 Å². The molecule has 2 atom stereocenters. The first-order valence-electron chi connectivity index (χ1n) is 10.1. The average Bonchev–Trinajstić information content (AvgIpc) is 3.04. The van der Waals surface area contributed by atoms with E-state index in [-0.39, 0.29) is 11.9 Å². The highest BCUT2D eigenvalue weighted by atomic mass is 32.1. The number of hydrogen-bond donors (Lipinski definition) is 2. The molecule has 150 valence electrons. The van der Waals surface area contributed by atoms with Crippen LogP contribution in [0.1, 0.15) is 66.2 Å². The predicted octanol–water partition coefficient (Wildman–Crippen LogP) is 2.50. The highest BCUT2D eigenvalue weighted by Gasteiger charge is 2.35. The van der Waals surface area contributed by atoms with Crippen LogP contribution in [-0.2, 0) is 16.6 Å². The number of carbonyl (C=O) groups is 2. The Bertz CT molecular complexity index is 868. The van der Waals surface area contributed by atoms with Gasteiger partial charge in [-0.15, -0.1) is 11.3 Å². The summed E-state index contributed by atoms with van der Waals surface area (Å²) in [6.45, 7) is 3.54. The molecule has 1 aliphatic heterocycles. The standard InChI is InChI=1S/C21H27N3O3S/c1-3-27-21(26)19-15(14-8-9-14)13-28-20(19)22-18(25)12-24-11-5-7-17(24)16-6-4-10-23(16)2/h4,6,10,13-14,17H,3,5,7-9,11-12H2,1-2H3,(H,22,25)/p+1/t17-/m0/s1. The minimum absolute atomic E-state index is 0.0362. The van der Waals surface area contributed by atoms with E-state index < -0.39 is 0 Å². The van der Waals surface area contributed by atoms with Crippen molar-refractivity contribution in [2.75, 3.05) is 25.0 Å². The monoisotopic (exact) mass is 402 g/mol. The third-order valence-corrected chi connectivity index (χ3v) is 6.69. The second-order valence-electron chi connectivity index (χ2n) is 7.76. The van der Waals surface area contributed by atoms with E-state index in [0.717, 1.165) is 37.8 Å². The van der Waals surface area contributed by atoms with E-state index in [4.69, 9.17) is 4.74 Å². The molecule has 6 nitrogen and oxygen atoms in total. The number of ether oxygens (including phenoxy) is 1. The van der Waals surface area contributed by atoms with Crippen molar-refractivity contribution in [1.82, 2.24) is 4.57 Å². The normalized spacial score (nSPS) is 21.6. The number of carbonyl (C=O) groups excluding carboxylic acids is 2. The number of quaternary nitrogens is 1. The van der Waals surface area contributed by atoms with Crippen LogP contribution in [0.25, 0.3) is 0 Å². The highest BCUT2D eigenvalue weighted by Crippen LogP contribution is 2.46. The largest absolute Gasteiger partial charge is 0.462 e. The van der Waals surface area contributed by atoms with Crippen molar-refractivity contribution in [3.05, 3.63) is 40.5 Å². The molecule has 1 saturated carbocycles. The number of hydrogen-bond acceptors (Lipinski definition) is 4. The van der Waals surface area contributed by atoms with Gasteiger partial charge in [0.15, 0.2) is 6.54 Å². The molecular weight excluding hydrogens is 374 g/mol.